The van der Waals surface area contributed by atoms with Gasteiger partial charge in [0, 0.05) is 44.9 Å². The number of nitro benzene ring substituents is 1. The Morgan fingerprint density at radius 2 is 2.19 bits per heavy atom. The zero-order valence-electron chi connectivity index (χ0n) is 11.8. The highest BCUT2D eigenvalue weighted by Crippen LogP contribution is 2.21. The molecule has 1 saturated heterocycles. The maximum absolute atomic E-state index is 10.7. The average molecular weight is 289 g/mol. The molecular formula is C14H19N5O2. The first-order valence-corrected chi connectivity index (χ1v) is 7.06. The lowest BCUT2D eigenvalue weighted by Gasteiger charge is -2.27. The molecule has 1 aliphatic heterocycles. The SMILES string of the molecule is N#Cc1cc([N+](=O)[O-])ccc1NCCCN1CCNCC1. The van der Waals surface area contributed by atoms with Crippen molar-refractivity contribution in [3.63, 3.8) is 0 Å². The lowest BCUT2D eigenvalue weighted by Crippen LogP contribution is -2.44. The van der Waals surface area contributed by atoms with E-state index in [4.69, 9.17) is 5.26 Å². The second-order valence-corrected chi connectivity index (χ2v) is 4.97. The number of piperazine rings is 1. The van der Waals surface area contributed by atoms with Crippen LogP contribution in [-0.2, 0) is 0 Å². The Labute approximate surface area is 123 Å². The van der Waals surface area contributed by atoms with Gasteiger partial charge in [0.2, 0.25) is 0 Å². The van der Waals surface area contributed by atoms with Crippen LogP contribution in [0.3, 0.4) is 0 Å². The predicted octanol–water partition coefficient (Wildman–Crippen LogP) is 1.17. The van der Waals surface area contributed by atoms with Crippen LogP contribution in [0.25, 0.3) is 0 Å². The lowest BCUT2D eigenvalue weighted by molar-refractivity contribution is -0.384. The highest BCUT2D eigenvalue weighted by Gasteiger charge is 2.11. The summed E-state index contributed by atoms with van der Waals surface area (Å²) < 4.78 is 0. The van der Waals surface area contributed by atoms with Gasteiger partial charge in [-0.25, -0.2) is 0 Å². The molecule has 2 N–H and O–H groups in total. The van der Waals surface area contributed by atoms with Crippen LogP contribution < -0.4 is 10.6 Å². The Balaban J connectivity index is 1.82. The fourth-order valence-electron chi connectivity index (χ4n) is 2.35. The summed E-state index contributed by atoms with van der Waals surface area (Å²) in [6.45, 7) is 5.98. The van der Waals surface area contributed by atoms with E-state index in [0.717, 1.165) is 45.7 Å². The largest absolute Gasteiger partial charge is 0.384 e. The molecule has 0 saturated carbocycles. The van der Waals surface area contributed by atoms with Crippen LogP contribution in [0.4, 0.5) is 11.4 Å². The molecule has 0 spiro atoms. The third kappa shape index (κ3) is 4.41. The third-order valence-corrected chi connectivity index (χ3v) is 3.51. The minimum atomic E-state index is -0.491. The molecule has 2 rings (SSSR count). The Morgan fingerprint density at radius 3 is 2.86 bits per heavy atom. The van der Waals surface area contributed by atoms with E-state index in [9.17, 15) is 10.1 Å². The van der Waals surface area contributed by atoms with E-state index in [1.807, 2.05) is 6.07 Å². The van der Waals surface area contributed by atoms with Gasteiger partial charge in [-0.05, 0) is 19.0 Å². The van der Waals surface area contributed by atoms with Crippen molar-refractivity contribution in [1.82, 2.24) is 10.2 Å². The minimum absolute atomic E-state index is 0.0575. The summed E-state index contributed by atoms with van der Waals surface area (Å²) in [5, 5.41) is 26.2. The number of benzene rings is 1. The summed E-state index contributed by atoms with van der Waals surface area (Å²) in [7, 11) is 0. The molecule has 1 aromatic carbocycles. The normalized spacial score (nSPS) is 15.4. The quantitative estimate of drug-likeness (QED) is 0.464. The molecule has 1 fully saturated rings. The van der Waals surface area contributed by atoms with Crippen LogP contribution in [0, 0.1) is 21.4 Å². The molecular weight excluding hydrogens is 270 g/mol. The van der Waals surface area contributed by atoms with Crippen LogP contribution in [-0.4, -0.2) is 49.1 Å². The first-order valence-electron chi connectivity index (χ1n) is 7.06. The zero-order valence-corrected chi connectivity index (χ0v) is 11.8. The second kappa shape index (κ2) is 7.57. The van der Waals surface area contributed by atoms with Gasteiger partial charge in [-0.15, -0.1) is 0 Å². The molecule has 7 heteroatoms. The summed E-state index contributed by atoms with van der Waals surface area (Å²) in [4.78, 5) is 12.6. The highest BCUT2D eigenvalue weighted by molar-refractivity contribution is 5.61. The molecule has 7 nitrogen and oxygen atoms in total. The van der Waals surface area contributed by atoms with Crippen molar-refractivity contribution in [1.29, 1.82) is 5.26 Å². The Bertz CT molecular complexity index is 535. The summed E-state index contributed by atoms with van der Waals surface area (Å²) in [5.41, 5.74) is 0.910. The van der Waals surface area contributed by atoms with Crippen molar-refractivity contribution in [2.45, 2.75) is 6.42 Å². The first-order chi connectivity index (χ1) is 10.2. The summed E-state index contributed by atoms with van der Waals surface area (Å²) in [6.07, 6.45) is 0.974. The lowest BCUT2D eigenvalue weighted by atomic mass is 10.1. The van der Waals surface area contributed by atoms with E-state index in [-0.39, 0.29) is 5.69 Å². The number of anilines is 1. The van der Waals surface area contributed by atoms with E-state index < -0.39 is 4.92 Å². The molecule has 1 aromatic rings. The Hall–Kier alpha value is -2.17. The van der Waals surface area contributed by atoms with Crippen LogP contribution in [0.15, 0.2) is 18.2 Å². The monoisotopic (exact) mass is 289 g/mol. The molecule has 1 heterocycles. The van der Waals surface area contributed by atoms with E-state index in [1.54, 1.807) is 6.07 Å². The van der Waals surface area contributed by atoms with Gasteiger partial charge in [0.05, 0.1) is 16.2 Å². The molecule has 21 heavy (non-hydrogen) atoms. The zero-order chi connectivity index (χ0) is 15.1. The average Bonchev–Trinajstić information content (AvgIpc) is 2.52. The molecule has 1 aliphatic rings. The van der Waals surface area contributed by atoms with Crippen molar-refractivity contribution in [2.75, 3.05) is 44.6 Å². The number of rotatable bonds is 6. The van der Waals surface area contributed by atoms with Gasteiger partial charge in [-0.1, -0.05) is 0 Å². The molecule has 0 aromatic heterocycles. The maximum atomic E-state index is 10.7. The molecule has 0 amide bonds. The smallest absolute Gasteiger partial charge is 0.270 e. The number of nitro groups is 1. The molecule has 0 aliphatic carbocycles. The molecule has 0 bridgehead atoms. The van der Waals surface area contributed by atoms with Crippen molar-refractivity contribution in [3.8, 4) is 6.07 Å². The van der Waals surface area contributed by atoms with Crippen LogP contribution in [0.2, 0.25) is 0 Å². The number of hydrogen-bond acceptors (Lipinski definition) is 6. The van der Waals surface area contributed by atoms with Gasteiger partial charge in [-0.2, -0.15) is 5.26 Å². The summed E-state index contributed by atoms with van der Waals surface area (Å²) in [5.74, 6) is 0. The van der Waals surface area contributed by atoms with E-state index >= 15 is 0 Å². The standard InChI is InChI=1S/C14H19N5O2/c15-11-12-10-13(19(20)21)2-3-14(12)17-4-1-7-18-8-5-16-6-9-18/h2-3,10,16-17H,1,4-9H2. The number of nitrogens with zero attached hydrogens (tertiary/aromatic N) is 3. The van der Waals surface area contributed by atoms with Gasteiger partial charge in [0.25, 0.3) is 5.69 Å². The number of hydrogen-bond donors (Lipinski definition) is 2. The Kier molecular flexibility index (Phi) is 5.49. The molecule has 0 atom stereocenters. The van der Waals surface area contributed by atoms with Gasteiger partial charge in [0.15, 0.2) is 0 Å². The van der Waals surface area contributed by atoms with Gasteiger partial charge in [0.1, 0.15) is 6.07 Å². The molecule has 112 valence electrons. The third-order valence-electron chi connectivity index (χ3n) is 3.51. The molecule has 0 unspecified atom stereocenters. The number of non-ortho nitro benzene ring substituents is 1. The Morgan fingerprint density at radius 1 is 1.43 bits per heavy atom. The highest BCUT2D eigenvalue weighted by atomic mass is 16.6. The van der Waals surface area contributed by atoms with Crippen LogP contribution in [0.1, 0.15) is 12.0 Å². The first kappa shape index (κ1) is 15.2. The second-order valence-electron chi connectivity index (χ2n) is 4.97. The van der Waals surface area contributed by atoms with Crippen molar-refractivity contribution >= 4 is 11.4 Å². The van der Waals surface area contributed by atoms with Crippen LogP contribution in [0.5, 0.6) is 0 Å². The van der Waals surface area contributed by atoms with E-state index in [1.165, 1.54) is 12.1 Å². The van der Waals surface area contributed by atoms with Gasteiger partial charge < -0.3 is 15.5 Å². The fraction of sp³-hybridized carbons (Fsp3) is 0.500. The fourth-order valence-corrected chi connectivity index (χ4v) is 2.35. The van der Waals surface area contributed by atoms with Crippen molar-refractivity contribution in [3.05, 3.63) is 33.9 Å². The van der Waals surface area contributed by atoms with Gasteiger partial charge in [-0.3, -0.25) is 10.1 Å². The number of nitriles is 1. The van der Waals surface area contributed by atoms with Crippen molar-refractivity contribution < 1.29 is 4.92 Å². The summed E-state index contributed by atoms with van der Waals surface area (Å²) >= 11 is 0. The number of nitrogens with one attached hydrogen (secondary N) is 2. The molecule has 0 radical (unpaired) electrons. The minimum Gasteiger partial charge on any atom is -0.384 e. The van der Waals surface area contributed by atoms with Gasteiger partial charge >= 0.3 is 0 Å². The van der Waals surface area contributed by atoms with Crippen LogP contribution >= 0.6 is 0 Å². The van der Waals surface area contributed by atoms with E-state index in [2.05, 4.69) is 15.5 Å². The predicted molar refractivity (Wildman–Crippen MR) is 80.2 cm³/mol. The van der Waals surface area contributed by atoms with E-state index in [0.29, 0.717) is 11.3 Å². The van der Waals surface area contributed by atoms with Crippen molar-refractivity contribution in [2.24, 2.45) is 0 Å². The topological polar surface area (TPSA) is 94.2 Å². The maximum Gasteiger partial charge on any atom is 0.270 e. The summed E-state index contributed by atoms with van der Waals surface area (Å²) in [6, 6.07) is 6.31.